The van der Waals surface area contributed by atoms with Gasteiger partial charge in [0.15, 0.2) is 6.10 Å². The van der Waals surface area contributed by atoms with Gasteiger partial charge in [0.25, 0.3) is 5.91 Å². The van der Waals surface area contributed by atoms with Crippen LogP contribution in [0.25, 0.3) is 0 Å². The van der Waals surface area contributed by atoms with Crippen LogP contribution in [0.1, 0.15) is 22.8 Å². The molecule has 0 fully saturated rings. The van der Waals surface area contributed by atoms with Crippen LogP contribution in [0.15, 0.2) is 36.4 Å². The summed E-state index contributed by atoms with van der Waals surface area (Å²) < 4.78 is 18.7. The van der Waals surface area contributed by atoms with Crippen molar-refractivity contribution in [3.05, 3.63) is 63.4 Å². The number of carbonyl (C=O) groups excluding carboxylic acids is 2. The monoisotopic (exact) mass is 369 g/mol. The van der Waals surface area contributed by atoms with Crippen molar-refractivity contribution in [2.75, 3.05) is 5.32 Å². The molecule has 0 aliphatic heterocycles. The molecular weight excluding hydrogens is 356 g/mol. The first-order valence-electron chi connectivity index (χ1n) is 7.01. The number of hydrogen-bond acceptors (Lipinski definition) is 3. The predicted octanol–water partition coefficient (Wildman–Crippen LogP) is 4.62. The molecule has 1 amide bonds. The summed E-state index contributed by atoms with van der Waals surface area (Å²) in [6.45, 7) is 3.19. The minimum absolute atomic E-state index is 0.159. The molecule has 0 aromatic heterocycles. The van der Waals surface area contributed by atoms with Gasteiger partial charge in [-0.3, -0.25) is 4.79 Å². The zero-order chi connectivity index (χ0) is 17.9. The SMILES string of the molecule is Cc1ccc(Cl)cc1NC(=O)[C@@H](C)OC(=O)c1ccc(Cl)cc1F. The van der Waals surface area contributed by atoms with Crippen molar-refractivity contribution >= 4 is 40.8 Å². The van der Waals surface area contributed by atoms with Crippen molar-refractivity contribution in [3.8, 4) is 0 Å². The third-order valence-electron chi connectivity index (χ3n) is 3.26. The number of rotatable bonds is 4. The molecule has 0 saturated carbocycles. The molecule has 2 aromatic rings. The van der Waals surface area contributed by atoms with Crippen LogP contribution < -0.4 is 5.32 Å². The number of nitrogens with one attached hydrogen (secondary N) is 1. The Kier molecular flexibility index (Phi) is 5.80. The molecule has 24 heavy (non-hydrogen) atoms. The molecule has 0 heterocycles. The predicted molar refractivity (Wildman–Crippen MR) is 91.1 cm³/mol. The zero-order valence-corrected chi connectivity index (χ0v) is 14.4. The Hall–Kier alpha value is -2.11. The fourth-order valence-electron chi connectivity index (χ4n) is 1.90. The first kappa shape index (κ1) is 18.2. The quantitative estimate of drug-likeness (QED) is 0.799. The van der Waals surface area contributed by atoms with E-state index in [0.29, 0.717) is 10.7 Å². The highest BCUT2D eigenvalue weighted by molar-refractivity contribution is 6.31. The Labute approximate surface area is 148 Å². The summed E-state index contributed by atoms with van der Waals surface area (Å²) in [5, 5.41) is 3.24. The van der Waals surface area contributed by atoms with Gasteiger partial charge in [-0.1, -0.05) is 29.3 Å². The largest absolute Gasteiger partial charge is 0.449 e. The van der Waals surface area contributed by atoms with Crippen molar-refractivity contribution in [1.29, 1.82) is 0 Å². The first-order chi connectivity index (χ1) is 11.3. The number of hydrogen-bond donors (Lipinski definition) is 1. The molecule has 0 bridgehead atoms. The summed E-state index contributed by atoms with van der Waals surface area (Å²) >= 11 is 11.5. The Morgan fingerprint density at radius 3 is 2.42 bits per heavy atom. The molecule has 4 nitrogen and oxygen atoms in total. The second-order valence-corrected chi connectivity index (χ2v) is 5.99. The lowest BCUT2D eigenvalue weighted by molar-refractivity contribution is -0.123. The maximum Gasteiger partial charge on any atom is 0.341 e. The fraction of sp³-hybridized carbons (Fsp3) is 0.176. The van der Waals surface area contributed by atoms with Gasteiger partial charge in [-0.2, -0.15) is 0 Å². The van der Waals surface area contributed by atoms with Crippen molar-refractivity contribution < 1.29 is 18.7 Å². The van der Waals surface area contributed by atoms with E-state index in [9.17, 15) is 14.0 Å². The van der Waals surface area contributed by atoms with E-state index < -0.39 is 23.8 Å². The van der Waals surface area contributed by atoms with E-state index in [1.807, 2.05) is 0 Å². The van der Waals surface area contributed by atoms with Gasteiger partial charge in [0, 0.05) is 15.7 Å². The van der Waals surface area contributed by atoms with Crippen molar-refractivity contribution in [2.24, 2.45) is 0 Å². The lowest BCUT2D eigenvalue weighted by Crippen LogP contribution is -2.30. The van der Waals surface area contributed by atoms with Gasteiger partial charge < -0.3 is 10.1 Å². The van der Waals surface area contributed by atoms with Crippen LogP contribution >= 0.6 is 23.2 Å². The minimum atomic E-state index is -1.12. The number of benzene rings is 2. The average Bonchev–Trinajstić information content (AvgIpc) is 2.50. The normalized spacial score (nSPS) is 11.7. The maximum absolute atomic E-state index is 13.7. The van der Waals surface area contributed by atoms with Crippen LogP contribution in [0.5, 0.6) is 0 Å². The van der Waals surface area contributed by atoms with Crippen molar-refractivity contribution in [2.45, 2.75) is 20.0 Å². The van der Waals surface area contributed by atoms with Gasteiger partial charge in [0.05, 0.1) is 5.56 Å². The van der Waals surface area contributed by atoms with Crippen LogP contribution in [0, 0.1) is 12.7 Å². The molecule has 7 heteroatoms. The van der Waals surface area contributed by atoms with E-state index in [1.54, 1.807) is 25.1 Å². The van der Waals surface area contributed by atoms with Crippen molar-refractivity contribution in [3.63, 3.8) is 0 Å². The molecule has 2 rings (SSSR count). The number of esters is 1. The summed E-state index contributed by atoms with van der Waals surface area (Å²) in [4.78, 5) is 24.1. The lowest BCUT2D eigenvalue weighted by Gasteiger charge is -2.15. The average molecular weight is 370 g/mol. The Bertz CT molecular complexity index is 795. The molecule has 0 radical (unpaired) electrons. The number of aryl methyl sites for hydroxylation is 1. The van der Waals surface area contributed by atoms with Crippen LogP contribution in [0.2, 0.25) is 10.0 Å². The second-order valence-electron chi connectivity index (χ2n) is 5.12. The number of halogens is 3. The number of carbonyl (C=O) groups is 2. The van der Waals surface area contributed by atoms with E-state index in [0.717, 1.165) is 11.6 Å². The molecular formula is C17H14Cl2FNO3. The van der Waals surface area contributed by atoms with Gasteiger partial charge in [0.1, 0.15) is 5.82 Å². The second kappa shape index (κ2) is 7.64. The third-order valence-corrected chi connectivity index (χ3v) is 3.73. The first-order valence-corrected chi connectivity index (χ1v) is 7.76. The highest BCUT2D eigenvalue weighted by Crippen LogP contribution is 2.21. The lowest BCUT2D eigenvalue weighted by atomic mass is 10.2. The van der Waals surface area contributed by atoms with Gasteiger partial charge in [-0.25, -0.2) is 9.18 Å². The number of anilines is 1. The van der Waals surface area contributed by atoms with Gasteiger partial charge in [-0.15, -0.1) is 0 Å². The molecule has 0 aliphatic carbocycles. The molecule has 2 aromatic carbocycles. The zero-order valence-electron chi connectivity index (χ0n) is 12.9. The van der Waals surface area contributed by atoms with Gasteiger partial charge in [-0.05, 0) is 49.7 Å². The summed E-state index contributed by atoms with van der Waals surface area (Å²) in [7, 11) is 0. The van der Waals surface area contributed by atoms with Crippen molar-refractivity contribution in [1.82, 2.24) is 0 Å². The highest BCUT2D eigenvalue weighted by Gasteiger charge is 2.21. The molecule has 0 aliphatic rings. The Balaban J connectivity index is 2.05. The van der Waals surface area contributed by atoms with Gasteiger partial charge in [0.2, 0.25) is 0 Å². The van der Waals surface area contributed by atoms with Crippen LogP contribution in [0.3, 0.4) is 0 Å². The topological polar surface area (TPSA) is 55.4 Å². The van der Waals surface area contributed by atoms with E-state index in [1.165, 1.54) is 19.1 Å². The van der Waals surface area contributed by atoms with E-state index in [2.05, 4.69) is 5.32 Å². The minimum Gasteiger partial charge on any atom is -0.449 e. The Morgan fingerprint density at radius 1 is 1.12 bits per heavy atom. The fourth-order valence-corrected chi connectivity index (χ4v) is 2.23. The molecule has 1 N–H and O–H groups in total. The third kappa shape index (κ3) is 4.46. The van der Waals surface area contributed by atoms with Crippen LogP contribution in [-0.2, 0) is 9.53 Å². The molecule has 126 valence electrons. The standard InChI is InChI=1S/C17H14Cl2FNO3/c1-9-3-4-12(19)8-15(9)21-16(22)10(2)24-17(23)13-6-5-11(18)7-14(13)20/h3-8,10H,1-2H3,(H,21,22)/t10-/m1/s1. The van der Waals surface area contributed by atoms with E-state index in [-0.39, 0.29) is 10.6 Å². The smallest absolute Gasteiger partial charge is 0.341 e. The molecule has 1 atom stereocenters. The summed E-state index contributed by atoms with van der Waals surface area (Å²) in [6.07, 6.45) is -1.12. The summed E-state index contributed by atoms with van der Waals surface area (Å²) in [6, 6.07) is 8.59. The van der Waals surface area contributed by atoms with Gasteiger partial charge >= 0.3 is 5.97 Å². The van der Waals surface area contributed by atoms with Crippen LogP contribution in [0.4, 0.5) is 10.1 Å². The summed E-state index contributed by atoms with van der Waals surface area (Å²) in [5.74, 6) is -2.32. The van der Waals surface area contributed by atoms with E-state index in [4.69, 9.17) is 27.9 Å². The molecule has 0 saturated heterocycles. The number of amides is 1. The summed E-state index contributed by atoms with van der Waals surface area (Å²) in [5.41, 5.74) is 1.01. The molecule has 0 unspecified atom stereocenters. The number of ether oxygens (including phenoxy) is 1. The Morgan fingerprint density at radius 2 is 1.75 bits per heavy atom. The highest BCUT2D eigenvalue weighted by atomic mass is 35.5. The molecule has 0 spiro atoms. The van der Waals surface area contributed by atoms with Crippen LogP contribution in [-0.4, -0.2) is 18.0 Å². The maximum atomic E-state index is 13.7. The van der Waals surface area contributed by atoms with E-state index >= 15 is 0 Å².